The number of rotatable bonds is 24. The Labute approximate surface area is 349 Å². The summed E-state index contributed by atoms with van der Waals surface area (Å²) in [5.41, 5.74) is 28.2. The fourth-order valence-corrected chi connectivity index (χ4v) is 22.3. The third-order valence-electron chi connectivity index (χ3n) is 11.2. The molecule has 0 spiro atoms. The molecule has 0 saturated carbocycles. The van der Waals surface area contributed by atoms with Crippen molar-refractivity contribution in [2.24, 2.45) is 0 Å². The highest BCUT2D eigenvalue weighted by molar-refractivity contribution is 6.81. The Morgan fingerprint density at radius 3 is 0.702 bits per heavy atom. The minimum Gasteiger partial charge on any atom is -0.543 e. The Hall–Kier alpha value is -3.64. The van der Waals surface area contributed by atoms with Crippen LogP contribution in [0.15, 0.2) is 97.1 Å². The average Bonchev–Trinajstić information content (AvgIpc) is 3.11. The van der Waals surface area contributed by atoms with Gasteiger partial charge >= 0.3 is 0 Å². The van der Waals surface area contributed by atoms with E-state index in [1.807, 2.05) is 97.1 Å². The predicted octanol–water partition coefficient (Wildman–Crippen LogP) is 12.5. The molecule has 0 unspecified atom stereocenters. The van der Waals surface area contributed by atoms with E-state index in [2.05, 4.69) is 52.4 Å². The van der Waals surface area contributed by atoms with Crippen LogP contribution in [-0.2, 0) is 0 Å². The summed E-state index contributed by atoms with van der Waals surface area (Å²) >= 11 is 0. The third kappa shape index (κ3) is 15.6. The van der Waals surface area contributed by atoms with E-state index in [0.717, 1.165) is 47.2 Å². The van der Waals surface area contributed by atoms with Crippen LogP contribution in [0.1, 0.15) is 25.7 Å². The summed E-state index contributed by atoms with van der Waals surface area (Å²) in [4.78, 5) is 0. The topological polar surface area (TPSA) is 141 Å². The van der Waals surface area contributed by atoms with Gasteiger partial charge in [-0.05, 0) is 125 Å². The van der Waals surface area contributed by atoms with Crippen LogP contribution >= 0.6 is 0 Å². The van der Waals surface area contributed by atoms with Crippen molar-refractivity contribution in [2.45, 2.75) is 126 Å². The number of anilines is 4. The van der Waals surface area contributed by atoms with Crippen molar-refractivity contribution < 1.29 is 17.7 Å². The van der Waals surface area contributed by atoms with E-state index in [4.69, 9.17) is 40.6 Å². The molecule has 0 aliphatic heterocycles. The maximum absolute atomic E-state index is 6.69. The molecule has 0 aliphatic rings. The first-order chi connectivity index (χ1) is 26.8. The molecule has 0 aromatic heterocycles. The number of hydrogen-bond donors (Lipinski definition) is 4. The van der Waals surface area contributed by atoms with Crippen molar-refractivity contribution in [2.75, 3.05) is 22.9 Å². The van der Waals surface area contributed by atoms with Gasteiger partial charge in [0.15, 0.2) is 0 Å². The molecule has 0 fully saturated rings. The molecule has 8 N–H and O–H groups in total. The van der Waals surface area contributed by atoms with Gasteiger partial charge in [-0.3, -0.25) is 0 Å². The van der Waals surface area contributed by atoms with Crippen LogP contribution in [0.3, 0.4) is 0 Å². The number of nitrogens with two attached hydrogens (primary N) is 4. The molecular weight excluding hydrogens is 789 g/mol. The molecule has 312 valence electrons. The lowest BCUT2D eigenvalue weighted by atomic mass is 10.3. The van der Waals surface area contributed by atoms with Gasteiger partial charge in [0.1, 0.15) is 23.0 Å². The lowest BCUT2D eigenvalue weighted by Crippen LogP contribution is -2.40. The van der Waals surface area contributed by atoms with Gasteiger partial charge in [0.05, 0.1) is 30.8 Å². The molecule has 0 heterocycles. The maximum atomic E-state index is 6.69. The van der Waals surface area contributed by atoms with E-state index in [1.165, 1.54) is 49.9 Å². The molecule has 0 atom stereocenters. The molecule has 13 heteroatoms. The van der Waals surface area contributed by atoms with Crippen molar-refractivity contribution in [3.63, 3.8) is 0 Å². The summed E-state index contributed by atoms with van der Waals surface area (Å²) in [6.07, 6.45) is 4.69. The Morgan fingerprint density at radius 2 is 0.509 bits per heavy atom. The molecule has 0 aliphatic carbocycles. The summed E-state index contributed by atoms with van der Waals surface area (Å²) < 4.78 is 26.8. The second-order valence-corrected chi connectivity index (χ2v) is 40.4. The molecule has 4 aromatic carbocycles. The smallest absolute Gasteiger partial charge is 0.245 e. The molecule has 0 radical (unpaired) electrons. The van der Waals surface area contributed by atoms with Crippen LogP contribution in [0, 0.1) is 0 Å². The minimum atomic E-state index is -2.04. The first-order valence-electron chi connectivity index (χ1n) is 20.9. The van der Waals surface area contributed by atoms with E-state index in [9.17, 15) is 0 Å². The fourth-order valence-electron chi connectivity index (χ4n) is 8.00. The van der Waals surface area contributed by atoms with E-state index in [1.54, 1.807) is 0 Å². The predicted molar refractivity (Wildman–Crippen MR) is 259 cm³/mol. The summed E-state index contributed by atoms with van der Waals surface area (Å²) in [5.74, 6) is 3.28. The van der Waals surface area contributed by atoms with Crippen LogP contribution in [0.5, 0.6) is 23.0 Å². The van der Waals surface area contributed by atoms with Gasteiger partial charge in [-0.1, -0.05) is 98.4 Å². The lowest BCUT2D eigenvalue weighted by molar-refractivity contribution is 0.546. The van der Waals surface area contributed by atoms with E-state index in [-0.39, 0.29) is 0 Å². The highest BCUT2D eigenvalue weighted by atomic mass is 28.4. The maximum Gasteiger partial charge on any atom is 0.245 e. The van der Waals surface area contributed by atoms with Gasteiger partial charge in [0.25, 0.3) is 0 Å². The van der Waals surface area contributed by atoms with Gasteiger partial charge in [-0.25, -0.2) is 0 Å². The minimum absolute atomic E-state index is 0.713. The number of nitrogen functional groups attached to an aromatic ring is 4. The van der Waals surface area contributed by atoms with Gasteiger partial charge in [-0.2, -0.15) is 0 Å². The van der Waals surface area contributed by atoms with E-state index in [0.29, 0.717) is 22.7 Å². The number of para-hydroxylation sites is 8. The monoisotopic (exact) mass is 860 g/mol. The Bertz CT molecular complexity index is 1590. The third-order valence-corrected chi connectivity index (χ3v) is 26.1. The molecule has 0 amide bonds. The normalized spacial score (nSPS) is 12.6. The second-order valence-electron chi connectivity index (χ2n) is 18.5. The van der Waals surface area contributed by atoms with Crippen LogP contribution in [0.25, 0.3) is 0 Å². The van der Waals surface area contributed by atoms with Crippen LogP contribution in [0.2, 0.25) is 101 Å². The SMILES string of the molecule is C[Si](C)(CCC[Si](CCC[Si](C)(C)Oc1ccccc1N)(CCC[Si](C)(C)Oc1ccccc1N)CCC[Si](C)(C)Oc1ccccc1N)Oc1ccccc1N. The van der Waals surface area contributed by atoms with Gasteiger partial charge < -0.3 is 40.6 Å². The summed E-state index contributed by atoms with van der Waals surface area (Å²) in [6, 6.07) is 41.2. The lowest BCUT2D eigenvalue weighted by Gasteiger charge is -2.36. The van der Waals surface area contributed by atoms with Crippen molar-refractivity contribution in [3.8, 4) is 23.0 Å². The number of benzene rings is 4. The molecule has 4 aromatic rings. The van der Waals surface area contributed by atoms with Crippen LogP contribution < -0.4 is 40.6 Å². The van der Waals surface area contributed by atoms with Crippen LogP contribution in [0.4, 0.5) is 22.7 Å². The summed E-state index contributed by atoms with van der Waals surface area (Å²) in [5, 5.41) is 0. The highest BCUT2D eigenvalue weighted by Gasteiger charge is 2.37. The highest BCUT2D eigenvalue weighted by Crippen LogP contribution is 2.39. The first kappa shape index (κ1) is 46.1. The fraction of sp³-hybridized carbons (Fsp3) is 0.455. The molecule has 8 nitrogen and oxygen atoms in total. The average molecular weight is 862 g/mol. The van der Waals surface area contributed by atoms with Crippen molar-refractivity contribution >= 4 is 64.1 Å². The van der Waals surface area contributed by atoms with E-state index < -0.39 is 41.3 Å². The Kier molecular flexibility index (Phi) is 16.5. The zero-order valence-electron chi connectivity index (χ0n) is 36.2. The van der Waals surface area contributed by atoms with Crippen molar-refractivity contribution in [1.82, 2.24) is 0 Å². The van der Waals surface area contributed by atoms with E-state index >= 15 is 0 Å². The standard InChI is InChI=1S/C44H72N4O4Si5/c1-53(2,49-41-25-13-9-21-37(41)45)29-17-33-57(34-18-30-54(3,4)50-42-26-14-10-22-38(42)46,35-19-31-55(5,6)51-43-27-15-11-23-39(43)47)36-20-32-56(7,8)52-44-28-16-12-24-40(44)48/h9-16,21-28H,17-20,29-36,45-48H2,1-8H3. The largest absolute Gasteiger partial charge is 0.543 e. The first-order valence-corrected chi connectivity index (χ1v) is 36.2. The molecule has 57 heavy (non-hydrogen) atoms. The number of hydrogen-bond acceptors (Lipinski definition) is 8. The quantitative estimate of drug-likeness (QED) is 0.0403. The summed E-state index contributed by atoms with van der Waals surface area (Å²) in [6.45, 7) is 18.7. The van der Waals surface area contributed by atoms with Gasteiger partial charge in [0.2, 0.25) is 33.3 Å². The van der Waals surface area contributed by atoms with Gasteiger partial charge in [-0.15, -0.1) is 0 Å². The second kappa shape index (κ2) is 20.4. The van der Waals surface area contributed by atoms with Crippen molar-refractivity contribution in [1.29, 1.82) is 0 Å². The van der Waals surface area contributed by atoms with Crippen molar-refractivity contribution in [3.05, 3.63) is 97.1 Å². The molecule has 0 bridgehead atoms. The Morgan fingerprint density at radius 1 is 0.316 bits per heavy atom. The zero-order valence-corrected chi connectivity index (χ0v) is 41.2. The molecule has 4 rings (SSSR count). The zero-order chi connectivity index (χ0) is 41.7. The van der Waals surface area contributed by atoms with Gasteiger partial charge in [0, 0.05) is 0 Å². The summed E-state index contributed by atoms with van der Waals surface area (Å²) in [7, 11) is -9.99. The Balaban J connectivity index is 1.56. The molecule has 0 saturated heterocycles. The molecular formula is C44H72N4O4Si5. The van der Waals surface area contributed by atoms with Crippen LogP contribution in [-0.4, -0.2) is 41.3 Å².